The molecule has 0 aromatic heterocycles. The Labute approximate surface area is 97.7 Å². The van der Waals surface area contributed by atoms with Crippen molar-refractivity contribution in [2.75, 3.05) is 13.2 Å². The number of hydrogen-bond donors (Lipinski definition) is 2. The van der Waals surface area contributed by atoms with E-state index in [9.17, 15) is 4.79 Å². The number of amides is 1. The first kappa shape index (κ1) is 15.3. The van der Waals surface area contributed by atoms with Gasteiger partial charge in [0.05, 0.1) is 25.4 Å². The normalized spacial score (nSPS) is 14.9. The highest BCUT2D eigenvalue weighted by Gasteiger charge is 2.13. The molecule has 0 aliphatic rings. The minimum absolute atomic E-state index is 0.00868. The Morgan fingerprint density at radius 3 is 2.25 bits per heavy atom. The molecule has 5 nitrogen and oxygen atoms in total. The SMILES string of the molecule is CCC(=O)NC(COC(C)C)COC(C)N. The minimum atomic E-state index is -0.333. The lowest BCUT2D eigenvalue weighted by Gasteiger charge is -2.21. The molecule has 2 unspecified atom stereocenters. The second-order valence-corrected chi connectivity index (χ2v) is 4.04. The van der Waals surface area contributed by atoms with Gasteiger partial charge in [0.2, 0.25) is 5.91 Å². The molecule has 0 radical (unpaired) electrons. The predicted molar refractivity (Wildman–Crippen MR) is 62.9 cm³/mol. The molecule has 3 N–H and O–H groups in total. The third-order valence-electron chi connectivity index (χ3n) is 1.88. The Morgan fingerprint density at radius 2 is 1.81 bits per heavy atom. The molecule has 0 aliphatic carbocycles. The summed E-state index contributed by atoms with van der Waals surface area (Å²) >= 11 is 0. The molecule has 16 heavy (non-hydrogen) atoms. The number of nitrogens with two attached hydrogens (primary N) is 1. The van der Waals surface area contributed by atoms with E-state index < -0.39 is 0 Å². The van der Waals surface area contributed by atoms with Gasteiger partial charge in [-0.2, -0.15) is 0 Å². The third-order valence-corrected chi connectivity index (χ3v) is 1.88. The Bertz CT molecular complexity index is 184. The zero-order valence-electron chi connectivity index (χ0n) is 10.7. The monoisotopic (exact) mass is 232 g/mol. The molecule has 0 bridgehead atoms. The van der Waals surface area contributed by atoms with Crippen molar-refractivity contribution in [2.45, 2.75) is 52.5 Å². The smallest absolute Gasteiger partial charge is 0.220 e. The Hall–Kier alpha value is -0.650. The molecule has 0 fully saturated rings. The molecular weight excluding hydrogens is 208 g/mol. The first-order chi connectivity index (χ1) is 7.45. The molecule has 0 heterocycles. The van der Waals surface area contributed by atoms with E-state index in [0.29, 0.717) is 19.6 Å². The van der Waals surface area contributed by atoms with Crippen LogP contribution < -0.4 is 11.1 Å². The number of carbonyl (C=O) groups excluding carboxylic acids is 1. The second kappa shape index (κ2) is 8.50. The van der Waals surface area contributed by atoms with Crippen LogP contribution in [-0.4, -0.2) is 37.5 Å². The summed E-state index contributed by atoms with van der Waals surface area (Å²) in [5.74, 6) is -0.00868. The minimum Gasteiger partial charge on any atom is -0.377 e. The van der Waals surface area contributed by atoms with Crippen molar-refractivity contribution in [2.24, 2.45) is 5.73 Å². The van der Waals surface area contributed by atoms with Crippen LogP contribution in [0.15, 0.2) is 0 Å². The molecule has 5 heteroatoms. The zero-order valence-corrected chi connectivity index (χ0v) is 10.7. The van der Waals surface area contributed by atoms with Gasteiger partial charge in [-0.05, 0) is 20.8 Å². The fourth-order valence-corrected chi connectivity index (χ4v) is 1.04. The van der Waals surface area contributed by atoms with E-state index >= 15 is 0 Å². The molecule has 0 aromatic rings. The third kappa shape index (κ3) is 8.64. The van der Waals surface area contributed by atoms with Crippen molar-refractivity contribution in [1.29, 1.82) is 0 Å². The molecule has 0 aromatic carbocycles. The van der Waals surface area contributed by atoms with Crippen LogP contribution in [0.3, 0.4) is 0 Å². The summed E-state index contributed by atoms with van der Waals surface area (Å²) in [5, 5.41) is 2.83. The van der Waals surface area contributed by atoms with Gasteiger partial charge in [0.15, 0.2) is 0 Å². The van der Waals surface area contributed by atoms with E-state index in [-0.39, 0.29) is 24.3 Å². The lowest BCUT2D eigenvalue weighted by molar-refractivity contribution is -0.123. The highest BCUT2D eigenvalue weighted by molar-refractivity contribution is 5.75. The van der Waals surface area contributed by atoms with Crippen molar-refractivity contribution < 1.29 is 14.3 Å². The van der Waals surface area contributed by atoms with Crippen molar-refractivity contribution in [3.63, 3.8) is 0 Å². The standard InChI is InChI=1S/C11H24N2O3/c1-5-11(14)13-10(6-15-8(2)3)7-16-9(4)12/h8-10H,5-7,12H2,1-4H3,(H,13,14). The van der Waals surface area contributed by atoms with Crippen LogP contribution in [0, 0.1) is 0 Å². The van der Waals surface area contributed by atoms with E-state index in [1.807, 2.05) is 20.8 Å². The lowest BCUT2D eigenvalue weighted by atomic mass is 10.3. The predicted octanol–water partition coefficient (Wildman–Crippen LogP) is 0.628. The van der Waals surface area contributed by atoms with Gasteiger partial charge in [0.1, 0.15) is 6.23 Å². The topological polar surface area (TPSA) is 73.6 Å². The fraction of sp³-hybridized carbons (Fsp3) is 0.909. The van der Waals surface area contributed by atoms with E-state index in [0.717, 1.165) is 0 Å². The van der Waals surface area contributed by atoms with Gasteiger partial charge in [-0.25, -0.2) is 0 Å². The maximum atomic E-state index is 11.3. The molecule has 1 amide bonds. The average Bonchev–Trinajstić information content (AvgIpc) is 2.21. The summed E-state index contributed by atoms with van der Waals surface area (Å²) in [6.07, 6.45) is 0.257. The molecule has 96 valence electrons. The van der Waals surface area contributed by atoms with Gasteiger partial charge in [0.25, 0.3) is 0 Å². The maximum Gasteiger partial charge on any atom is 0.220 e. The Morgan fingerprint density at radius 1 is 1.25 bits per heavy atom. The van der Waals surface area contributed by atoms with Crippen LogP contribution in [0.25, 0.3) is 0 Å². The van der Waals surface area contributed by atoms with Crippen molar-refractivity contribution in [1.82, 2.24) is 5.32 Å². The van der Waals surface area contributed by atoms with Gasteiger partial charge in [-0.1, -0.05) is 6.92 Å². The number of carbonyl (C=O) groups is 1. The summed E-state index contributed by atoms with van der Waals surface area (Å²) in [6.45, 7) is 8.27. The van der Waals surface area contributed by atoms with E-state index in [2.05, 4.69) is 5.32 Å². The fourth-order valence-electron chi connectivity index (χ4n) is 1.04. The van der Waals surface area contributed by atoms with E-state index in [4.69, 9.17) is 15.2 Å². The average molecular weight is 232 g/mol. The lowest BCUT2D eigenvalue weighted by Crippen LogP contribution is -2.43. The van der Waals surface area contributed by atoms with Crippen molar-refractivity contribution in [3.05, 3.63) is 0 Å². The number of ether oxygens (including phenoxy) is 2. The first-order valence-corrected chi connectivity index (χ1v) is 5.73. The van der Waals surface area contributed by atoms with Crippen molar-refractivity contribution >= 4 is 5.91 Å². The van der Waals surface area contributed by atoms with Gasteiger partial charge in [-0.3, -0.25) is 4.79 Å². The first-order valence-electron chi connectivity index (χ1n) is 5.73. The van der Waals surface area contributed by atoms with Crippen LogP contribution in [0.4, 0.5) is 0 Å². The molecule has 0 aliphatic heterocycles. The van der Waals surface area contributed by atoms with E-state index in [1.165, 1.54) is 0 Å². The van der Waals surface area contributed by atoms with Crippen LogP contribution in [0.2, 0.25) is 0 Å². The molecule has 2 atom stereocenters. The van der Waals surface area contributed by atoms with Crippen LogP contribution in [-0.2, 0) is 14.3 Å². The summed E-state index contributed by atoms with van der Waals surface area (Å²) in [4.78, 5) is 11.3. The quantitative estimate of drug-likeness (QED) is 0.602. The van der Waals surface area contributed by atoms with Crippen LogP contribution in [0.5, 0.6) is 0 Å². The van der Waals surface area contributed by atoms with Gasteiger partial charge in [-0.15, -0.1) is 0 Å². The zero-order chi connectivity index (χ0) is 12.6. The summed E-state index contributed by atoms with van der Waals surface area (Å²) in [5.41, 5.74) is 5.48. The number of hydrogen-bond acceptors (Lipinski definition) is 4. The number of nitrogens with one attached hydrogen (secondary N) is 1. The summed E-state index contributed by atoms with van der Waals surface area (Å²) < 4.78 is 10.7. The highest BCUT2D eigenvalue weighted by Crippen LogP contribution is 1.95. The van der Waals surface area contributed by atoms with Crippen LogP contribution in [0.1, 0.15) is 34.1 Å². The largest absolute Gasteiger partial charge is 0.377 e. The molecule has 0 saturated heterocycles. The van der Waals surface area contributed by atoms with Gasteiger partial charge < -0.3 is 20.5 Å². The number of rotatable bonds is 8. The summed E-state index contributed by atoms with van der Waals surface area (Å²) in [6, 6.07) is -0.138. The van der Waals surface area contributed by atoms with Gasteiger partial charge in [0, 0.05) is 6.42 Å². The maximum absolute atomic E-state index is 11.3. The van der Waals surface area contributed by atoms with Gasteiger partial charge >= 0.3 is 0 Å². The van der Waals surface area contributed by atoms with Crippen molar-refractivity contribution in [3.8, 4) is 0 Å². The Balaban J connectivity index is 3.99. The summed E-state index contributed by atoms with van der Waals surface area (Å²) in [7, 11) is 0. The van der Waals surface area contributed by atoms with E-state index in [1.54, 1.807) is 6.92 Å². The molecule has 0 saturated carbocycles. The molecule has 0 rings (SSSR count). The Kier molecular flexibility index (Phi) is 8.15. The second-order valence-electron chi connectivity index (χ2n) is 4.04. The highest BCUT2D eigenvalue weighted by atomic mass is 16.5. The van der Waals surface area contributed by atoms with Crippen LogP contribution >= 0.6 is 0 Å². The molecular formula is C11H24N2O3. The molecule has 0 spiro atoms.